The number of β-amino-alcohol motifs (C(OH)–C–C–N with tert-alkyl or cyclic N) is 1. The van der Waals surface area contributed by atoms with Crippen molar-refractivity contribution in [2.45, 2.75) is 23.3 Å². The topological polar surface area (TPSA) is 83.6 Å². The molecule has 0 radical (unpaired) electrons. The number of anilines is 1. The van der Waals surface area contributed by atoms with Gasteiger partial charge in [0.2, 0.25) is 10.0 Å². The van der Waals surface area contributed by atoms with Gasteiger partial charge in [0.15, 0.2) is 0 Å². The molecule has 2 aliphatic rings. The number of rotatable bonds is 3. The van der Waals surface area contributed by atoms with Gasteiger partial charge in [-0.2, -0.15) is 4.31 Å². The van der Waals surface area contributed by atoms with Gasteiger partial charge in [-0.1, -0.05) is 0 Å². The molecule has 1 aliphatic carbocycles. The van der Waals surface area contributed by atoms with Crippen molar-refractivity contribution in [1.82, 2.24) is 4.31 Å². The van der Waals surface area contributed by atoms with Crippen LogP contribution in [0, 0.1) is 11.7 Å². The number of nitrogens with zero attached hydrogens (tertiary/aromatic N) is 1. The van der Waals surface area contributed by atoms with E-state index in [4.69, 9.17) is 5.73 Å². The number of sulfonamides is 1. The Morgan fingerprint density at radius 2 is 2.00 bits per heavy atom. The maximum Gasteiger partial charge on any atom is 0.246 e. The van der Waals surface area contributed by atoms with Gasteiger partial charge in [0.1, 0.15) is 10.7 Å². The summed E-state index contributed by atoms with van der Waals surface area (Å²) in [5, 5.41) is 10.2. The fraction of sp³-hybridized carbons (Fsp3) is 0.500. The molecule has 1 aliphatic heterocycles. The predicted octanol–water partition coefficient (Wildman–Crippen LogP) is 1.32. The van der Waals surface area contributed by atoms with Crippen LogP contribution in [-0.4, -0.2) is 36.5 Å². The largest absolute Gasteiger partial charge is 0.398 e. The Bertz CT molecular complexity index is 670. The summed E-state index contributed by atoms with van der Waals surface area (Å²) in [7, 11) is -3.95. The third kappa shape index (κ3) is 2.14. The molecule has 1 heterocycles. The highest BCUT2D eigenvalue weighted by molar-refractivity contribution is 9.10. The first-order chi connectivity index (χ1) is 9.24. The minimum atomic E-state index is -3.95. The number of benzene rings is 1. The van der Waals surface area contributed by atoms with Crippen LogP contribution in [0.5, 0.6) is 0 Å². The number of hydrogen-bond donors (Lipinski definition) is 2. The van der Waals surface area contributed by atoms with E-state index in [1.807, 2.05) is 0 Å². The molecule has 20 heavy (non-hydrogen) atoms. The van der Waals surface area contributed by atoms with E-state index in [0.29, 0.717) is 4.47 Å². The van der Waals surface area contributed by atoms with Crippen LogP contribution >= 0.6 is 15.9 Å². The summed E-state index contributed by atoms with van der Waals surface area (Å²) in [6.45, 7) is 0.0464. The van der Waals surface area contributed by atoms with E-state index in [9.17, 15) is 17.9 Å². The molecule has 0 aromatic heterocycles. The van der Waals surface area contributed by atoms with Gasteiger partial charge in [-0.3, -0.25) is 0 Å². The molecule has 0 spiro atoms. The SMILES string of the molecule is Nc1cc(S(=O)(=O)N2CC(O)(C3CC3)C2)c(F)cc1Br. The van der Waals surface area contributed by atoms with E-state index in [-0.39, 0.29) is 24.7 Å². The fourth-order valence-corrected chi connectivity index (χ4v) is 4.46. The molecule has 5 nitrogen and oxygen atoms in total. The second-order valence-corrected chi connectivity index (χ2v) is 8.22. The Morgan fingerprint density at radius 3 is 2.55 bits per heavy atom. The summed E-state index contributed by atoms with van der Waals surface area (Å²) in [6.07, 6.45) is 1.84. The number of nitrogens with two attached hydrogens (primary N) is 1. The van der Waals surface area contributed by atoms with Crippen molar-refractivity contribution in [3.05, 3.63) is 22.4 Å². The van der Waals surface area contributed by atoms with Crippen LogP contribution in [0.1, 0.15) is 12.8 Å². The van der Waals surface area contributed by atoms with Crippen molar-refractivity contribution in [1.29, 1.82) is 0 Å². The van der Waals surface area contributed by atoms with E-state index in [1.54, 1.807) is 0 Å². The summed E-state index contributed by atoms with van der Waals surface area (Å²) in [5.74, 6) is -0.679. The zero-order chi connectivity index (χ0) is 14.7. The van der Waals surface area contributed by atoms with E-state index < -0.39 is 26.3 Å². The van der Waals surface area contributed by atoms with Crippen molar-refractivity contribution < 1.29 is 17.9 Å². The van der Waals surface area contributed by atoms with Gasteiger partial charge in [-0.15, -0.1) is 0 Å². The lowest BCUT2D eigenvalue weighted by atomic mass is 9.91. The summed E-state index contributed by atoms with van der Waals surface area (Å²) >= 11 is 3.05. The van der Waals surface area contributed by atoms with E-state index in [1.165, 1.54) is 0 Å². The summed E-state index contributed by atoms with van der Waals surface area (Å²) in [4.78, 5) is -0.448. The van der Waals surface area contributed by atoms with Crippen LogP contribution in [0.4, 0.5) is 10.1 Å². The molecule has 1 saturated carbocycles. The maximum absolute atomic E-state index is 13.9. The quantitative estimate of drug-likeness (QED) is 0.792. The molecule has 110 valence electrons. The molecule has 0 amide bonds. The highest BCUT2D eigenvalue weighted by Crippen LogP contribution is 2.46. The molecule has 1 aromatic rings. The standard InChI is InChI=1S/C12H14BrFN2O3S/c13-8-3-9(14)11(4-10(8)15)20(18,19)16-5-12(17,6-16)7-1-2-7/h3-4,7,17H,1-2,5-6,15H2. The fourth-order valence-electron chi connectivity index (χ4n) is 2.49. The van der Waals surface area contributed by atoms with Crippen molar-refractivity contribution in [2.75, 3.05) is 18.8 Å². The summed E-state index contributed by atoms with van der Waals surface area (Å²) in [5.41, 5.74) is 4.83. The molecule has 0 bridgehead atoms. The number of nitrogen functional groups attached to an aromatic ring is 1. The van der Waals surface area contributed by atoms with Gasteiger partial charge in [0.25, 0.3) is 0 Å². The summed E-state index contributed by atoms with van der Waals surface area (Å²) in [6, 6.07) is 2.14. The third-order valence-corrected chi connectivity index (χ3v) is 6.40. The predicted molar refractivity (Wildman–Crippen MR) is 74.9 cm³/mol. The lowest BCUT2D eigenvalue weighted by molar-refractivity contribution is -0.0765. The zero-order valence-electron chi connectivity index (χ0n) is 10.5. The van der Waals surface area contributed by atoms with Crippen molar-refractivity contribution >= 4 is 31.6 Å². The Morgan fingerprint density at radius 1 is 1.40 bits per heavy atom. The Balaban J connectivity index is 1.88. The second-order valence-electron chi connectivity index (χ2n) is 5.46. The van der Waals surface area contributed by atoms with E-state index in [2.05, 4.69) is 15.9 Å². The van der Waals surface area contributed by atoms with Crippen molar-refractivity contribution in [3.63, 3.8) is 0 Å². The zero-order valence-corrected chi connectivity index (χ0v) is 12.9. The summed E-state index contributed by atoms with van der Waals surface area (Å²) < 4.78 is 39.9. The highest BCUT2D eigenvalue weighted by atomic mass is 79.9. The maximum atomic E-state index is 13.9. The Labute approximate surface area is 124 Å². The van der Waals surface area contributed by atoms with Crippen LogP contribution in [0.25, 0.3) is 0 Å². The minimum absolute atomic E-state index is 0.0232. The third-order valence-electron chi connectivity index (χ3n) is 3.91. The number of halogens is 2. The van der Waals surface area contributed by atoms with Crippen LogP contribution in [0.15, 0.2) is 21.5 Å². The minimum Gasteiger partial charge on any atom is -0.398 e. The van der Waals surface area contributed by atoms with Gasteiger partial charge >= 0.3 is 0 Å². The molecule has 0 unspecified atom stereocenters. The Hall–Kier alpha value is -0.700. The molecule has 3 rings (SSSR count). The van der Waals surface area contributed by atoms with Gasteiger partial charge in [0.05, 0.1) is 5.60 Å². The van der Waals surface area contributed by atoms with Crippen LogP contribution < -0.4 is 5.73 Å². The second kappa shape index (κ2) is 4.40. The van der Waals surface area contributed by atoms with E-state index in [0.717, 1.165) is 29.3 Å². The molecule has 2 fully saturated rings. The molecule has 0 atom stereocenters. The lowest BCUT2D eigenvalue weighted by Crippen LogP contribution is -2.64. The van der Waals surface area contributed by atoms with E-state index >= 15 is 0 Å². The highest BCUT2D eigenvalue weighted by Gasteiger charge is 2.55. The molecule has 8 heteroatoms. The molecular weight excluding hydrogens is 351 g/mol. The monoisotopic (exact) mass is 364 g/mol. The van der Waals surface area contributed by atoms with Gasteiger partial charge in [-0.25, -0.2) is 12.8 Å². The van der Waals surface area contributed by atoms with Crippen LogP contribution in [0.2, 0.25) is 0 Å². The van der Waals surface area contributed by atoms with Crippen molar-refractivity contribution in [2.24, 2.45) is 5.92 Å². The molecular formula is C12H14BrFN2O3S. The first kappa shape index (κ1) is 14.2. The first-order valence-electron chi connectivity index (χ1n) is 6.21. The molecule has 3 N–H and O–H groups in total. The van der Waals surface area contributed by atoms with Gasteiger partial charge in [-0.05, 0) is 46.8 Å². The normalized spacial score (nSPS) is 22.6. The molecule has 1 saturated heterocycles. The number of hydrogen-bond acceptors (Lipinski definition) is 4. The average molecular weight is 365 g/mol. The lowest BCUT2D eigenvalue weighted by Gasteiger charge is -2.45. The van der Waals surface area contributed by atoms with Crippen molar-refractivity contribution in [3.8, 4) is 0 Å². The number of aliphatic hydroxyl groups is 1. The van der Waals surface area contributed by atoms with Gasteiger partial charge < -0.3 is 10.8 Å². The first-order valence-corrected chi connectivity index (χ1v) is 8.44. The van der Waals surface area contributed by atoms with Crippen LogP contribution in [0.3, 0.4) is 0 Å². The molecule has 1 aromatic carbocycles. The van der Waals surface area contributed by atoms with Crippen LogP contribution in [-0.2, 0) is 10.0 Å². The van der Waals surface area contributed by atoms with Gasteiger partial charge in [0, 0.05) is 23.2 Å². The average Bonchev–Trinajstić information content (AvgIpc) is 3.13. The smallest absolute Gasteiger partial charge is 0.246 e. The Kier molecular flexibility index (Phi) is 3.13.